The van der Waals surface area contributed by atoms with E-state index in [-0.39, 0.29) is 5.78 Å². The highest BCUT2D eigenvalue weighted by Crippen LogP contribution is 2.56. The fourth-order valence-corrected chi connectivity index (χ4v) is 5.57. The van der Waals surface area contributed by atoms with Crippen molar-refractivity contribution in [2.45, 2.75) is 31.3 Å². The third-order valence-electron chi connectivity index (χ3n) is 7.27. The monoisotopic (exact) mass is 514 g/mol. The van der Waals surface area contributed by atoms with Crippen molar-refractivity contribution in [3.63, 3.8) is 0 Å². The summed E-state index contributed by atoms with van der Waals surface area (Å²) < 4.78 is 19.0. The number of ketones is 1. The van der Waals surface area contributed by atoms with Crippen LogP contribution >= 0.6 is 0 Å². The van der Waals surface area contributed by atoms with Gasteiger partial charge in [-0.05, 0) is 55.3 Å². The van der Waals surface area contributed by atoms with Crippen LogP contribution in [-0.2, 0) is 14.3 Å². The maximum atomic E-state index is 14.3. The van der Waals surface area contributed by atoms with Crippen LogP contribution in [0.4, 0.5) is 4.39 Å². The lowest BCUT2D eigenvalue weighted by Gasteiger charge is -2.37. The standard InChI is InChI=1S/C30H27FN2O5/c1-18-5-4-6-22(15-18)28(35)25-26(20-11-13-23(31)14-12-20)30(2,29(36)37)33(24(34)17-38-3)27(25)21-9-7-19(16-32)8-10-21/h4-15,25-27H,17H2,1-3H3,(H,36,37). The van der Waals surface area contributed by atoms with Crippen LogP contribution in [0, 0.1) is 30.0 Å². The van der Waals surface area contributed by atoms with Crippen molar-refractivity contribution in [3.05, 3.63) is 106 Å². The highest BCUT2D eigenvalue weighted by molar-refractivity contribution is 6.02. The molecule has 0 radical (unpaired) electrons. The molecule has 1 heterocycles. The first-order valence-corrected chi connectivity index (χ1v) is 12.0. The van der Waals surface area contributed by atoms with Crippen LogP contribution in [0.3, 0.4) is 0 Å². The summed E-state index contributed by atoms with van der Waals surface area (Å²) >= 11 is 0. The largest absolute Gasteiger partial charge is 0.479 e. The van der Waals surface area contributed by atoms with E-state index in [4.69, 9.17) is 4.74 Å². The molecule has 8 heteroatoms. The van der Waals surface area contributed by atoms with Gasteiger partial charge in [0.2, 0.25) is 5.91 Å². The second kappa shape index (κ2) is 10.6. The van der Waals surface area contributed by atoms with E-state index in [1.54, 1.807) is 42.5 Å². The molecule has 38 heavy (non-hydrogen) atoms. The fraction of sp³-hybridized carbons (Fsp3) is 0.267. The Balaban J connectivity index is 2.05. The Hall–Kier alpha value is -4.35. The van der Waals surface area contributed by atoms with E-state index < -0.39 is 47.7 Å². The second-order valence-corrected chi connectivity index (χ2v) is 9.62. The third-order valence-corrected chi connectivity index (χ3v) is 7.27. The van der Waals surface area contributed by atoms with Crippen molar-refractivity contribution < 1.29 is 28.6 Å². The number of carbonyl (C=O) groups is 3. The van der Waals surface area contributed by atoms with Gasteiger partial charge in [0, 0.05) is 18.6 Å². The number of carbonyl (C=O) groups excluding carboxylic acids is 2. The predicted molar refractivity (Wildman–Crippen MR) is 137 cm³/mol. The summed E-state index contributed by atoms with van der Waals surface area (Å²) in [4.78, 5) is 42.2. The summed E-state index contributed by atoms with van der Waals surface area (Å²) in [5.41, 5.74) is 0.602. The number of rotatable bonds is 7. The van der Waals surface area contributed by atoms with Gasteiger partial charge in [0.25, 0.3) is 0 Å². The number of aryl methyl sites for hydroxylation is 1. The average molecular weight is 515 g/mol. The van der Waals surface area contributed by atoms with Crippen molar-refractivity contribution in [3.8, 4) is 6.07 Å². The average Bonchev–Trinajstić information content (AvgIpc) is 3.19. The molecule has 1 aliphatic rings. The number of amides is 1. The molecule has 4 rings (SSSR count). The van der Waals surface area contributed by atoms with Gasteiger partial charge >= 0.3 is 5.97 Å². The fourth-order valence-electron chi connectivity index (χ4n) is 5.57. The smallest absolute Gasteiger partial charge is 0.330 e. The maximum absolute atomic E-state index is 14.3. The Labute approximate surface area is 220 Å². The van der Waals surface area contributed by atoms with Gasteiger partial charge in [-0.25, -0.2) is 9.18 Å². The van der Waals surface area contributed by atoms with Crippen molar-refractivity contribution >= 4 is 17.7 Å². The zero-order chi connectivity index (χ0) is 27.6. The van der Waals surface area contributed by atoms with E-state index in [1.165, 1.54) is 43.2 Å². The summed E-state index contributed by atoms with van der Waals surface area (Å²) in [5.74, 6) is -4.86. The lowest BCUT2D eigenvalue weighted by Crippen LogP contribution is -2.55. The van der Waals surface area contributed by atoms with Crippen molar-refractivity contribution in [2.75, 3.05) is 13.7 Å². The number of benzene rings is 3. The summed E-state index contributed by atoms with van der Waals surface area (Å²) in [6, 6.07) is 19.7. The first-order valence-electron chi connectivity index (χ1n) is 12.0. The molecule has 0 saturated carbocycles. The van der Waals surface area contributed by atoms with Crippen LogP contribution in [0.15, 0.2) is 72.8 Å². The SMILES string of the molecule is COCC(=O)N1C(c2ccc(C#N)cc2)C(C(=O)c2cccc(C)c2)C(c2ccc(F)cc2)C1(C)C(=O)O. The molecular weight excluding hydrogens is 487 g/mol. The molecule has 1 fully saturated rings. The zero-order valence-electron chi connectivity index (χ0n) is 21.2. The van der Waals surface area contributed by atoms with Gasteiger partial charge < -0.3 is 14.7 Å². The molecule has 1 amide bonds. The molecular formula is C30H27FN2O5. The lowest BCUT2D eigenvalue weighted by atomic mass is 9.71. The van der Waals surface area contributed by atoms with Crippen LogP contribution in [0.2, 0.25) is 0 Å². The number of hydrogen-bond acceptors (Lipinski definition) is 5. The van der Waals surface area contributed by atoms with E-state index in [0.717, 1.165) is 5.56 Å². The molecule has 4 unspecified atom stereocenters. The van der Waals surface area contributed by atoms with Crippen LogP contribution < -0.4 is 0 Å². The zero-order valence-corrected chi connectivity index (χ0v) is 21.2. The first-order chi connectivity index (χ1) is 18.1. The topological polar surface area (TPSA) is 108 Å². The van der Waals surface area contributed by atoms with Gasteiger partial charge in [-0.1, -0.05) is 48.0 Å². The van der Waals surface area contributed by atoms with Gasteiger partial charge in [-0.3, -0.25) is 9.59 Å². The van der Waals surface area contributed by atoms with Gasteiger partial charge in [-0.15, -0.1) is 0 Å². The number of ether oxygens (including phenoxy) is 1. The lowest BCUT2D eigenvalue weighted by molar-refractivity contribution is -0.159. The first kappa shape index (κ1) is 26.7. The summed E-state index contributed by atoms with van der Waals surface area (Å²) in [5, 5.41) is 19.9. The quantitative estimate of drug-likeness (QED) is 0.460. The molecule has 0 bridgehead atoms. The normalized spacial score (nSPS) is 22.6. The highest BCUT2D eigenvalue weighted by atomic mass is 19.1. The number of nitrogens with zero attached hydrogens (tertiary/aromatic N) is 2. The minimum atomic E-state index is -1.89. The summed E-state index contributed by atoms with van der Waals surface area (Å²) in [6.45, 7) is 2.85. The molecule has 1 saturated heterocycles. The predicted octanol–water partition coefficient (Wildman–Crippen LogP) is 4.66. The third kappa shape index (κ3) is 4.57. The summed E-state index contributed by atoms with van der Waals surface area (Å²) in [7, 11) is 1.33. The van der Waals surface area contributed by atoms with E-state index in [0.29, 0.717) is 22.3 Å². The molecule has 194 valence electrons. The van der Waals surface area contributed by atoms with Gasteiger partial charge in [0.15, 0.2) is 5.78 Å². The molecule has 3 aromatic carbocycles. The van der Waals surface area contributed by atoms with Crippen LogP contribution in [-0.4, -0.2) is 46.9 Å². The van der Waals surface area contributed by atoms with Crippen LogP contribution in [0.25, 0.3) is 0 Å². The van der Waals surface area contributed by atoms with Gasteiger partial charge in [0.05, 0.1) is 23.6 Å². The number of halogens is 1. The minimum Gasteiger partial charge on any atom is -0.479 e. The Bertz CT molecular complexity index is 1410. The van der Waals surface area contributed by atoms with E-state index in [9.17, 15) is 29.1 Å². The molecule has 1 aliphatic heterocycles. The number of carboxylic acids is 1. The Morgan fingerprint density at radius 2 is 1.68 bits per heavy atom. The molecule has 3 aromatic rings. The number of methoxy groups -OCH3 is 1. The van der Waals surface area contributed by atoms with Crippen LogP contribution in [0.1, 0.15) is 51.5 Å². The highest BCUT2D eigenvalue weighted by Gasteiger charge is 2.64. The van der Waals surface area contributed by atoms with Crippen LogP contribution in [0.5, 0.6) is 0 Å². The number of Topliss-reactive ketones (excluding diaryl/α,β-unsaturated/α-hetero) is 1. The summed E-state index contributed by atoms with van der Waals surface area (Å²) in [6.07, 6.45) is 0. The van der Waals surface area contributed by atoms with E-state index >= 15 is 0 Å². The molecule has 0 aromatic heterocycles. The van der Waals surface area contributed by atoms with Gasteiger partial charge in [0.1, 0.15) is 18.0 Å². The number of likely N-dealkylation sites (tertiary alicyclic amines) is 1. The number of nitriles is 1. The Kier molecular flexibility index (Phi) is 7.42. The van der Waals surface area contributed by atoms with E-state index in [1.807, 2.05) is 19.1 Å². The van der Waals surface area contributed by atoms with Gasteiger partial charge in [-0.2, -0.15) is 5.26 Å². The Morgan fingerprint density at radius 3 is 2.24 bits per heavy atom. The molecule has 0 aliphatic carbocycles. The number of carboxylic acid groups (broad SMARTS) is 1. The van der Waals surface area contributed by atoms with Crippen molar-refractivity contribution in [1.29, 1.82) is 5.26 Å². The Morgan fingerprint density at radius 1 is 1.05 bits per heavy atom. The molecule has 7 nitrogen and oxygen atoms in total. The number of aliphatic carboxylic acids is 1. The number of hydrogen-bond donors (Lipinski definition) is 1. The molecule has 0 spiro atoms. The second-order valence-electron chi connectivity index (χ2n) is 9.62. The van der Waals surface area contributed by atoms with Crippen molar-refractivity contribution in [1.82, 2.24) is 4.90 Å². The maximum Gasteiger partial charge on any atom is 0.330 e. The minimum absolute atomic E-state index is 0.349. The molecule has 1 N–H and O–H groups in total. The van der Waals surface area contributed by atoms with E-state index in [2.05, 4.69) is 0 Å². The molecule has 4 atom stereocenters. The van der Waals surface area contributed by atoms with Crippen molar-refractivity contribution in [2.24, 2.45) is 5.92 Å².